The maximum atomic E-state index is 13.2. The molecule has 1 unspecified atom stereocenters. The Hall–Kier alpha value is -2.73. The topological polar surface area (TPSA) is 62.7 Å². The number of aryl methyl sites for hydroxylation is 1. The number of nitrogens with zero attached hydrogens (tertiary/aromatic N) is 3. The van der Waals surface area contributed by atoms with Crippen LogP contribution in [0.15, 0.2) is 30.5 Å². The van der Waals surface area contributed by atoms with Crippen molar-refractivity contribution in [2.45, 2.75) is 72.1 Å². The summed E-state index contributed by atoms with van der Waals surface area (Å²) in [5.74, 6) is 1.67. The summed E-state index contributed by atoms with van der Waals surface area (Å²) in [4.78, 5) is 35.3. The summed E-state index contributed by atoms with van der Waals surface area (Å²) >= 11 is 0. The van der Waals surface area contributed by atoms with Crippen LogP contribution < -0.4 is 4.90 Å². The molecule has 1 aromatic heterocycles. The molecule has 0 N–H and O–H groups in total. The number of Topliss-reactive ketones (excluding diaryl/α,β-unsaturated/α-hetero) is 1. The second kappa shape index (κ2) is 12.0. The number of amides is 1. The molecule has 1 amide bonds. The summed E-state index contributed by atoms with van der Waals surface area (Å²) in [5.41, 5.74) is 4.83. The van der Waals surface area contributed by atoms with Gasteiger partial charge in [-0.05, 0) is 73.4 Å². The number of ketones is 1. The third kappa shape index (κ3) is 5.49. The van der Waals surface area contributed by atoms with Crippen LogP contribution in [0, 0.1) is 5.92 Å². The number of morpholine rings is 1. The van der Waals surface area contributed by atoms with Crippen LogP contribution in [0.25, 0.3) is 0 Å². The van der Waals surface area contributed by atoms with Gasteiger partial charge in [0.05, 0.1) is 18.8 Å². The zero-order valence-corrected chi connectivity index (χ0v) is 22.4. The van der Waals surface area contributed by atoms with Crippen molar-refractivity contribution >= 4 is 23.2 Å². The Morgan fingerprint density at radius 2 is 1.89 bits per heavy atom. The van der Waals surface area contributed by atoms with Gasteiger partial charge in [-0.15, -0.1) is 0 Å². The first kappa shape index (κ1) is 26.3. The Bertz CT molecular complexity index is 1070. The SMILES string of the molecule is CCCN(c1ccc(C(=O)C(C)CC)c(CC)c1)c1ncc(C(=O)N2CCOCC2)cc1C1CCC1. The van der Waals surface area contributed by atoms with Gasteiger partial charge >= 0.3 is 0 Å². The molecule has 1 aliphatic heterocycles. The molecule has 0 spiro atoms. The Balaban J connectivity index is 1.71. The second-order valence-electron chi connectivity index (χ2n) is 10.2. The van der Waals surface area contributed by atoms with Crippen molar-refractivity contribution in [3.8, 4) is 0 Å². The highest BCUT2D eigenvalue weighted by Gasteiger charge is 2.29. The average molecular weight is 492 g/mol. The molecular formula is C30H41N3O3. The Labute approximate surface area is 216 Å². The van der Waals surface area contributed by atoms with Crippen molar-refractivity contribution in [1.29, 1.82) is 0 Å². The van der Waals surface area contributed by atoms with Crippen LogP contribution in [0.2, 0.25) is 0 Å². The van der Waals surface area contributed by atoms with E-state index < -0.39 is 0 Å². The number of hydrogen-bond acceptors (Lipinski definition) is 5. The largest absolute Gasteiger partial charge is 0.378 e. The molecule has 4 rings (SSSR count). The van der Waals surface area contributed by atoms with Crippen molar-refractivity contribution in [3.05, 3.63) is 52.7 Å². The van der Waals surface area contributed by atoms with Crippen LogP contribution in [0.3, 0.4) is 0 Å². The van der Waals surface area contributed by atoms with E-state index >= 15 is 0 Å². The number of carbonyl (C=O) groups excluding carboxylic acids is 2. The Morgan fingerprint density at radius 3 is 2.50 bits per heavy atom. The number of carbonyl (C=O) groups is 2. The number of anilines is 2. The van der Waals surface area contributed by atoms with Gasteiger partial charge in [-0.3, -0.25) is 9.59 Å². The highest BCUT2D eigenvalue weighted by atomic mass is 16.5. The average Bonchev–Trinajstić information content (AvgIpc) is 2.89. The summed E-state index contributed by atoms with van der Waals surface area (Å²) in [5, 5.41) is 0. The fourth-order valence-electron chi connectivity index (χ4n) is 5.10. The monoisotopic (exact) mass is 491 g/mol. The molecule has 2 fully saturated rings. The van der Waals surface area contributed by atoms with E-state index in [9.17, 15) is 9.59 Å². The molecular weight excluding hydrogens is 450 g/mol. The van der Waals surface area contributed by atoms with E-state index in [2.05, 4.69) is 43.9 Å². The molecule has 36 heavy (non-hydrogen) atoms. The summed E-state index contributed by atoms with van der Waals surface area (Å²) in [6.07, 6.45) is 7.84. The van der Waals surface area contributed by atoms with Crippen molar-refractivity contribution in [1.82, 2.24) is 9.88 Å². The third-order valence-corrected chi connectivity index (χ3v) is 7.80. The molecule has 1 atom stereocenters. The number of pyridine rings is 1. The molecule has 1 aliphatic carbocycles. The van der Waals surface area contributed by atoms with E-state index in [1.165, 1.54) is 12.0 Å². The minimum atomic E-state index is 0.0244. The normalized spacial score (nSPS) is 16.9. The number of aromatic nitrogens is 1. The fraction of sp³-hybridized carbons (Fsp3) is 0.567. The number of benzene rings is 1. The van der Waals surface area contributed by atoms with E-state index in [1.807, 2.05) is 17.9 Å². The standard InChI is InChI=1S/C30H41N3O3/c1-5-13-33(25-11-12-26(22(7-3)18-25)28(34)21(4)6-2)29-27(23-9-8-10-23)19-24(20-31-29)30(35)32-14-16-36-17-15-32/h11-12,18-21,23H,5-10,13-17H2,1-4H3. The van der Waals surface area contributed by atoms with Gasteiger partial charge in [-0.25, -0.2) is 4.98 Å². The molecule has 0 radical (unpaired) electrons. The van der Waals surface area contributed by atoms with Gasteiger partial charge in [0.2, 0.25) is 0 Å². The van der Waals surface area contributed by atoms with Crippen LogP contribution in [0.5, 0.6) is 0 Å². The molecule has 2 aliphatic rings. The first-order chi connectivity index (χ1) is 17.5. The van der Waals surface area contributed by atoms with Gasteiger partial charge in [0.25, 0.3) is 5.91 Å². The lowest BCUT2D eigenvalue weighted by atomic mass is 9.79. The molecule has 1 saturated carbocycles. The minimum Gasteiger partial charge on any atom is -0.378 e. The first-order valence-corrected chi connectivity index (χ1v) is 13.8. The van der Waals surface area contributed by atoms with Crippen LogP contribution >= 0.6 is 0 Å². The molecule has 1 aromatic carbocycles. The van der Waals surface area contributed by atoms with Gasteiger partial charge in [0.15, 0.2) is 5.78 Å². The van der Waals surface area contributed by atoms with Crippen LogP contribution in [-0.2, 0) is 11.2 Å². The minimum absolute atomic E-state index is 0.0244. The Morgan fingerprint density at radius 1 is 1.14 bits per heavy atom. The van der Waals surface area contributed by atoms with E-state index in [1.54, 1.807) is 6.20 Å². The lowest BCUT2D eigenvalue weighted by Gasteiger charge is -2.33. The van der Waals surface area contributed by atoms with Crippen molar-refractivity contribution in [3.63, 3.8) is 0 Å². The Kier molecular flexibility index (Phi) is 8.78. The third-order valence-electron chi connectivity index (χ3n) is 7.80. The summed E-state index contributed by atoms with van der Waals surface area (Å²) in [7, 11) is 0. The fourth-order valence-corrected chi connectivity index (χ4v) is 5.10. The lowest BCUT2D eigenvalue weighted by molar-refractivity contribution is 0.0302. The van der Waals surface area contributed by atoms with E-state index in [-0.39, 0.29) is 17.6 Å². The van der Waals surface area contributed by atoms with Gasteiger partial charge in [0, 0.05) is 43.0 Å². The van der Waals surface area contributed by atoms with Crippen molar-refractivity contribution < 1.29 is 14.3 Å². The number of hydrogen-bond donors (Lipinski definition) is 0. The van der Waals surface area contributed by atoms with E-state index in [0.717, 1.165) is 61.3 Å². The highest BCUT2D eigenvalue weighted by molar-refractivity contribution is 5.99. The summed E-state index contributed by atoms with van der Waals surface area (Å²) < 4.78 is 5.42. The van der Waals surface area contributed by atoms with Crippen LogP contribution in [-0.4, -0.2) is 54.4 Å². The molecule has 2 aromatic rings. The second-order valence-corrected chi connectivity index (χ2v) is 10.2. The smallest absolute Gasteiger partial charge is 0.255 e. The zero-order valence-electron chi connectivity index (χ0n) is 22.4. The quantitative estimate of drug-likeness (QED) is 0.373. The molecule has 1 saturated heterocycles. The number of rotatable bonds is 10. The highest BCUT2D eigenvalue weighted by Crippen LogP contribution is 2.42. The van der Waals surface area contributed by atoms with Crippen molar-refractivity contribution in [2.24, 2.45) is 5.92 Å². The predicted octanol–water partition coefficient (Wildman–Crippen LogP) is 6.16. The van der Waals surface area contributed by atoms with E-state index in [0.29, 0.717) is 37.8 Å². The van der Waals surface area contributed by atoms with E-state index in [4.69, 9.17) is 9.72 Å². The lowest BCUT2D eigenvalue weighted by Crippen LogP contribution is -2.40. The zero-order chi connectivity index (χ0) is 25.7. The summed E-state index contributed by atoms with van der Waals surface area (Å²) in [6, 6.07) is 8.34. The molecule has 0 bridgehead atoms. The van der Waals surface area contributed by atoms with Gasteiger partial charge in [-0.1, -0.05) is 34.1 Å². The summed E-state index contributed by atoms with van der Waals surface area (Å²) in [6.45, 7) is 11.6. The van der Waals surface area contributed by atoms with Gasteiger partial charge < -0.3 is 14.5 Å². The maximum Gasteiger partial charge on any atom is 0.255 e. The molecule has 194 valence electrons. The van der Waals surface area contributed by atoms with Gasteiger partial charge in [0.1, 0.15) is 5.82 Å². The number of ether oxygens (including phenoxy) is 1. The van der Waals surface area contributed by atoms with Crippen molar-refractivity contribution in [2.75, 3.05) is 37.7 Å². The van der Waals surface area contributed by atoms with Gasteiger partial charge in [-0.2, -0.15) is 0 Å². The first-order valence-electron chi connectivity index (χ1n) is 13.8. The maximum absolute atomic E-state index is 13.2. The van der Waals surface area contributed by atoms with Crippen LogP contribution in [0.1, 0.15) is 97.6 Å². The molecule has 6 nitrogen and oxygen atoms in total. The predicted molar refractivity (Wildman–Crippen MR) is 144 cm³/mol. The molecule has 6 heteroatoms. The van der Waals surface area contributed by atoms with Crippen LogP contribution in [0.4, 0.5) is 11.5 Å². The molecule has 2 heterocycles.